The lowest BCUT2D eigenvalue weighted by Gasteiger charge is -2.38. The number of nitrogens with one attached hydrogen (secondary N) is 1. The summed E-state index contributed by atoms with van der Waals surface area (Å²) in [6.45, 7) is 6.30. The third kappa shape index (κ3) is 4.40. The van der Waals surface area contributed by atoms with Crippen LogP contribution in [0.25, 0.3) is 0 Å². The second-order valence-electron chi connectivity index (χ2n) is 6.96. The Morgan fingerprint density at radius 1 is 1.36 bits per heavy atom. The number of hydrogen-bond acceptors (Lipinski definition) is 4. The maximum atomic E-state index is 12.3. The van der Waals surface area contributed by atoms with E-state index in [1.165, 1.54) is 0 Å². The normalized spacial score (nSPS) is 25.5. The Kier molecular flexibility index (Phi) is 5.45. The number of allylic oxidation sites excluding steroid dienone is 2. The Morgan fingerprint density at radius 3 is 2.59 bits per heavy atom. The van der Waals surface area contributed by atoms with Crippen molar-refractivity contribution in [2.45, 2.75) is 58.4 Å². The van der Waals surface area contributed by atoms with E-state index in [-0.39, 0.29) is 17.5 Å². The Balaban J connectivity index is 2.02. The first kappa shape index (κ1) is 17.6. The number of ether oxygens (including phenoxy) is 1. The topological polar surface area (TPSA) is 72.5 Å². The minimum Gasteiger partial charge on any atom is -0.377 e. The molecular weight excluding hydrogens is 302 g/mol. The Hall–Kier alpha value is -0.720. The summed E-state index contributed by atoms with van der Waals surface area (Å²) in [6, 6.07) is 0. The number of hydrogen-bond donors (Lipinski definition) is 1. The average molecular weight is 329 g/mol. The first-order chi connectivity index (χ1) is 10.2. The summed E-state index contributed by atoms with van der Waals surface area (Å²) in [5.41, 5.74) is 1.54. The molecule has 22 heavy (non-hydrogen) atoms. The smallest absolute Gasteiger partial charge is 0.212 e. The molecule has 1 fully saturated rings. The summed E-state index contributed by atoms with van der Waals surface area (Å²) >= 11 is 0. The van der Waals surface area contributed by atoms with Crippen LogP contribution in [0.1, 0.15) is 52.9 Å². The van der Waals surface area contributed by atoms with E-state index in [9.17, 15) is 13.2 Å². The van der Waals surface area contributed by atoms with Gasteiger partial charge in [0.15, 0.2) is 5.78 Å². The fourth-order valence-corrected chi connectivity index (χ4v) is 5.04. The van der Waals surface area contributed by atoms with Gasteiger partial charge in [-0.3, -0.25) is 4.79 Å². The molecule has 1 atom stereocenters. The third-order valence-electron chi connectivity index (χ3n) is 4.58. The van der Waals surface area contributed by atoms with Gasteiger partial charge in [-0.2, -0.15) is 0 Å². The van der Waals surface area contributed by atoms with Gasteiger partial charge in [-0.05, 0) is 57.9 Å². The number of carbonyl (C=O) groups excluding carboxylic acids is 1. The highest BCUT2D eigenvalue weighted by atomic mass is 32.2. The average Bonchev–Trinajstić information content (AvgIpc) is 2.55. The molecule has 0 amide bonds. The van der Waals surface area contributed by atoms with Crippen LogP contribution < -0.4 is 4.72 Å². The molecule has 5 nitrogen and oxygen atoms in total. The molecule has 0 unspecified atom stereocenters. The summed E-state index contributed by atoms with van der Waals surface area (Å²) < 4.78 is 32.3. The summed E-state index contributed by atoms with van der Waals surface area (Å²) in [5, 5.41) is 0. The van der Waals surface area contributed by atoms with E-state index in [2.05, 4.69) is 4.72 Å². The van der Waals surface area contributed by atoms with Crippen LogP contribution in [0.4, 0.5) is 0 Å². The summed E-state index contributed by atoms with van der Waals surface area (Å²) in [5.74, 6) is 0.230. The molecule has 2 rings (SSSR count). The number of carbonyl (C=O) groups is 1. The SMILES string of the molecule is CC(=O)C1=C(C)CCCC[C@H]1CCS(=O)(=O)NC1(C)COC1. The highest BCUT2D eigenvalue weighted by Crippen LogP contribution is 2.32. The van der Waals surface area contributed by atoms with Crippen LogP contribution in [0.5, 0.6) is 0 Å². The van der Waals surface area contributed by atoms with Crippen LogP contribution in [-0.2, 0) is 19.6 Å². The third-order valence-corrected chi connectivity index (χ3v) is 6.16. The highest BCUT2D eigenvalue weighted by molar-refractivity contribution is 7.89. The van der Waals surface area contributed by atoms with Crippen LogP contribution in [0.3, 0.4) is 0 Å². The Labute approximate surface area is 133 Å². The molecule has 1 heterocycles. The summed E-state index contributed by atoms with van der Waals surface area (Å²) in [4.78, 5) is 11.9. The second kappa shape index (κ2) is 6.81. The molecule has 126 valence electrons. The monoisotopic (exact) mass is 329 g/mol. The van der Waals surface area contributed by atoms with Crippen molar-refractivity contribution in [1.82, 2.24) is 4.72 Å². The standard InChI is InChI=1S/C16H27NO4S/c1-12-6-4-5-7-14(15(12)13(2)18)8-9-22(19,20)17-16(3)10-21-11-16/h14,17H,4-11H2,1-3H3/t14-/m0/s1. The van der Waals surface area contributed by atoms with Gasteiger partial charge in [-0.25, -0.2) is 13.1 Å². The molecule has 1 aliphatic heterocycles. The van der Waals surface area contributed by atoms with Crippen molar-refractivity contribution in [1.29, 1.82) is 0 Å². The van der Waals surface area contributed by atoms with Crippen LogP contribution in [0, 0.1) is 5.92 Å². The lowest BCUT2D eigenvalue weighted by molar-refractivity contribution is -0.114. The van der Waals surface area contributed by atoms with Gasteiger partial charge < -0.3 is 4.74 Å². The lowest BCUT2D eigenvalue weighted by Crippen LogP contribution is -2.60. The van der Waals surface area contributed by atoms with Crippen LogP contribution in [0.15, 0.2) is 11.1 Å². The zero-order valence-corrected chi connectivity index (χ0v) is 14.6. The van der Waals surface area contributed by atoms with E-state index in [0.29, 0.717) is 19.6 Å². The number of Topliss-reactive ketones (excluding diaryl/α,β-unsaturated/α-hetero) is 1. The maximum absolute atomic E-state index is 12.3. The summed E-state index contributed by atoms with van der Waals surface area (Å²) in [7, 11) is -3.34. The summed E-state index contributed by atoms with van der Waals surface area (Å²) in [6.07, 6.45) is 4.50. The molecule has 0 spiro atoms. The molecule has 0 saturated carbocycles. The van der Waals surface area contributed by atoms with Crippen molar-refractivity contribution in [2.75, 3.05) is 19.0 Å². The van der Waals surface area contributed by atoms with Crippen LogP contribution in [0.2, 0.25) is 0 Å². The van der Waals surface area contributed by atoms with Gasteiger partial charge in [-0.1, -0.05) is 12.0 Å². The highest BCUT2D eigenvalue weighted by Gasteiger charge is 2.37. The Bertz CT molecular complexity index is 561. The van der Waals surface area contributed by atoms with Gasteiger partial charge in [0.25, 0.3) is 0 Å². The van der Waals surface area contributed by atoms with Gasteiger partial charge in [0.1, 0.15) is 0 Å². The fourth-order valence-electron chi connectivity index (χ4n) is 3.48. The largest absolute Gasteiger partial charge is 0.377 e. The zero-order chi connectivity index (χ0) is 16.4. The van der Waals surface area contributed by atoms with Crippen molar-refractivity contribution in [3.63, 3.8) is 0 Å². The van der Waals surface area contributed by atoms with Crippen molar-refractivity contribution in [3.8, 4) is 0 Å². The predicted molar refractivity (Wildman–Crippen MR) is 86.1 cm³/mol. The van der Waals surface area contributed by atoms with Crippen molar-refractivity contribution < 1.29 is 17.9 Å². The molecule has 1 N–H and O–H groups in total. The molecule has 0 radical (unpaired) electrons. The van der Waals surface area contributed by atoms with Gasteiger partial charge in [-0.15, -0.1) is 0 Å². The van der Waals surface area contributed by atoms with Crippen LogP contribution in [-0.4, -0.2) is 38.7 Å². The minimum atomic E-state index is -3.34. The molecule has 6 heteroatoms. The van der Waals surface area contributed by atoms with Crippen molar-refractivity contribution in [2.24, 2.45) is 5.92 Å². The molecule has 1 aliphatic carbocycles. The molecule has 0 aromatic rings. The van der Waals surface area contributed by atoms with Gasteiger partial charge in [0.05, 0.1) is 24.5 Å². The number of rotatable bonds is 6. The van der Waals surface area contributed by atoms with E-state index in [0.717, 1.165) is 36.8 Å². The first-order valence-electron chi connectivity index (χ1n) is 8.02. The molecule has 0 aromatic heterocycles. The maximum Gasteiger partial charge on any atom is 0.212 e. The van der Waals surface area contributed by atoms with Crippen molar-refractivity contribution in [3.05, 3.63) is 11.1 Å². The van der Waals surface area contributed by atoms with Gasteiger partial charge in [0, 0.05) is 0 Å². The zero-order valence-electron chi connectivity index (χ0n) is 13.8. The first-order valence-corrected chi connectivity index (χ1v) is 9.68. The number of ketones is 1. The minimum absolute atomic E-state index is 0.0668. The second-order valence-corrected chi connectivity index (χ2v) is 8.80. The van der Waals surface area contributed by atoms with E-state index in [4.69, 9.17) is 4.74 Å². The molecule has 1 saturated heterocycles. The quantitative estimate of drug-likeness (QED) is 0.811. The molecular formula is C16H27NO4S. The van der Waals surface area contributed by atoms with E-state index < -0.39 is 15.6 Å². The lowest BCUT2D eigenvalue weighted by atomic mass is 9.88. The van der Waals surface area contributed by atoms with E-state index >= 15 is 0 Å². The predicted octanol–water partition coefficient (Wildman–Crippen LogP) is 2.18. The molecule has 2 aliphatic rings. The van der Waals surface area contributed by atoms with Crippen molar-refractivity contribution >= 4 is 15.8 Å². The molecule has 0 aromatic carbocycles. The fraction of sp³-hybridized carbons (Fsp3) is 0.812. The van der Waals surface area contributed by atoms with Gasteiger partial charge >= 0.3 is 0 Å². The van der Waals surface area contributed by atoms with E-state index in [1.807, 2.05) is 13.8 Å². The van der Waals surface area contributed by atoms with Gasteiger partial charge in [0.2, 0.25) is 10.0 Å². The molecule has 0 bridgehead atoms. The van der Waals surface area contributed by atoms with E-state index in [1.54, 1.807) is 6.92 Å². The van der Waals surface area contributed by atoms with Crippen LogP contribution >= 0.6 is 0 Å². The number of sulfonamides is 1. The Morgan fingerprint density at radius 2 is 2.05 bits per heavy atom.